The van der Waals surface area contributed by atoms with Gasteiger partial charge in [-0.05, 0) is 36.2 Å². The molecule has 0 atom stereocenters. The highest BCUT2D eigenvalue weighted by Gasteiger charge is 2.11. The molecule has 1 heterocycles. The monoisotopic (exact) mass is 306 g/mol. The minimum Gasteiger partial charge on any atom is -0.495 e. The van der Waals surface area contributed by atoms with Gasteiger partial charge in [-0.3, -0.25) is 4.79 Å². The first-order valence-electron chi connectivity index (χ1n) is 6.89. The van der Waals surface area contributed by atoms with Crippen molar-refractivity contribution in [3.8, 4) is 17.0 Å². The number of hydrogen-bond donors (Lipinski definition) is 1. The Balaban J connectivity index is 2.60. The van der Waals surface area contributed by atoms with Crippen LogP contribution in [0.1, 0.15) is 18.9 Å². The van der Waals surface area contributed by atoms with Crippen LogP contribution in [0.4, 0.5) is 0 Å². The third-order valence-electron chi connectivity index (χ3n) is 3.37. The van der Waals surface area contributed by atoms with Crippen molar-refractivity contribution in [2.45, 2.75) is 26.4 Å². The van der Waals surface area contributed by atoms with E-state index in [1.807, 2.05) is 25.1 Å². The second kappa shape index (κ2) is 6.78. The Morgan fingerprint density at radius 1 is 1.29 bits per heavy atom. The number of aromatic nitrogens is 1. The molecule has 0 bridgehead atoms. The first-order valence-corrected chi connectivity index (χ1v) is 7.26. The fourth-order valence-electron chi connectivity index (χ4n) is 2.30. The van der Waals surface area contributed by atoms with Gasteiger partial charge < -0.3 is 15.0 Å². The van der Waals surface area contributed by atoms with Crippen molar-refractivity contribution in [3.63, 3.8) is 0 Å². The summed E-state index contributed by atoms with van der Waals surface area (Å²) in [5.74, 6) is 0.614. The lowest BCUT2D eigenvalue weighted by atomic mass is 10.1. The first kappa shape index (κ1) is 15.6. The van der Waals surface area contributed by atoms with Gasteiger partial charge in [-0.1, -0.05) is 24.6 Å². The summed E-state index contributed by atoms with van der Waals surface area (Å²) in [6, 6.07) is 9.20. The van der Waals surface area contributed by atoms with E-state index in [1.165, 1.54) is 0 Å². The van der Waals surface area contributed by atoms with Crippen molar-refractivity contribution in [3.05, 3.63) is 51.3 Å². The Kier molecular flexibility index (Phi) is 5.04. The van der Waals surface area contributed by atoms with E-state index in [0.29, 0.717) is 22.9 Å². The Morgan fingerprint density at radius 2 is 2.05 bits per heavy atom. The molecule has 0 aliphatic heterocycles. The van der Waals surface area contributed by atoms with E-state index in [9.17, 15) is 4.79 Å². The number of halogens is 1. The van der Waals surface area contributed by atoms with Crippen molar-refractivity contribution in [2.24, 2.45) is 5.73 Å². The van der Waals surface area contributed by atoms with Gasteiger partial charge in [0.25, 0.3) is 5.56 Å². The van der Waals surface area contributed by atoms with Crippen LogP contribution in [-0.4, -0.2) is 11.7 Å². The van der Waals surface area contributed by atoms with Crippen LogP contribution in [0.2, 0.25) is 5.02 Å². The molecule has 0 unspecified atom stereocenters. The summed E-state index contributed by atoms with van der Waals surface area (Å²) in [4.78, 5) is 12.4. The lowest BCUT2D eigenvalue weighted by Crippen LogP contribution is -2.26. The Hall–Kier alpha value is -1.78. The standard InChI is InChI=1S/C16H19ClN2O2/c1-3-8-19-14(6-4-12(10-18)16(19)20)11-5-7-15(21-2)13(17)9-11/h4-7,9H,3,8,10,18H2,1-2H3. The zero-order chi connectivity index (χ0) is 15.4. The highest BCUT2D eigenvalue weighted by atomic mass is 35.5. The molecule has 0 fully saturated rings. The summed E-state index contributed by atoms with van der Waals surface area (Å²) < 4.78 is 6.91. The van der Waals surface area contributed by atoms with Gasteiger partial charge in [0.05, 0.1) is 17.8 Å². The molecule has 0 radical (unpaired) electrons. The third-order valence-corrected chi connectivity index (χ3v) is 3.66. The van der Waals surface area contributed by atoms with Gasteiger partial charge in [0.15, 0.2) is 0 Å². The molecule has 1 aromatic heterocycles. The molecular weight excluding hydrogens is 288 g/mol. The molecule has 4 nitrogen and oxygen atoms in total. The number of rotatable bonds is 5. The van der Waals surface area contributed by atoms with Crippen LogP contribution in [0.25, 0.3) is 11.3 Å². The number of ether oxygens (including phenoxy) is 1. The van der Waals surface area contributed by atoms with E-state index >= 15 is 0 Å². The van der Waals surface area contributed by atoms with Gasteiger partial charge in [0, 0.05) is 18.7 Å². The van der Waals surface area contributed by atoms with Crippen molar-refractivity contribution in [2.75, 3.05) is 7.11 Å². The second-order valence-electron chi connectivity index (χ2n) is 4.75. The van der Waals surface area contributed by atoms with Gasteiger partial charge in [-0.25, -0.2) is 0 Å². The normalized spacial score (nSPS) is 10.7. The molecule has 0 saturated heterocycles. The molecule has 21 heavy (non-hydrogen) atoms. The predicted molar refractivity (Wildman–Crippen MR) is 85.9 cm³/mol. The van der Waals surface area contributed by atoms with Crippen LogP contribution in [0.3, 0.4) is 0 Å². The topological polar surface area (TPSA) is 57.2 Å². The number of nitrogens with zero attached hydrogens (tertiary/aromatic N) is 1. The molecule has 5 heteroatoms. The summed E-state index contributed by atoms with van der Waals surface area (Å²) >= 11 is 6.17. The van der Waals surface area contributed by atoms with Crippen LogP contribution in [0.5, 0.6) is 5.75 Å². The number of nitrogens with two attached hydrogens (primary N) is 1. The molecule has 2 N–H and O–H groups in total. The quantitative estimate of drug-likeness (QED) is 0.923. The van der Waals surface area contributed by atoms with E-state index in [2.05, 4.69) is 0 Å². The molecule has 0 amide bonds. The largest absolute Gasteiger partial charge is 0.495 e. The fraction of sp³-hybridized carbons (Fsp3) is 0.312. The molecule has 0 aliphatic carbocycles. The third kappa shape index (κ3) is 3.12. The predicted octanol–water partition coefficient (Wildman–Crippen LogP) is 3.05. The summed E-state index contributed by atoms with van der Waals surface area (Å²) in [6.07, 6.45) is 0.866. The number of methoxy groups -OCH3 is 1. The van der Waals surface area contributed by atoms with Crippen molar-refractivity contribution < 1.29 is 4.74 Å². The van der Waals surface area contributed by atoms with Gasteiger partial charge in [-0.15, -0.1) is 0 Å². The summed E-state index contributed by atoms with van der Waals surface area (Å²) in [5, 5.41) is 0.522. The molecule has 0 saturated carbocycles. The van der Waals surface area contributed by atoms with E-state index < -0.39 is 0 Å². The lowest BCUT2D eigenvalue weighted by molar-refractivity contribution is 0.415. The van der Waals surface area contributed by atoms with Crippen LogP contribution in [0.15, 0.2) is 35.1 Å². The van der Waals surface area contributed by atoms with Gasteiger partial charge >= 0.3 is 0 Å². The number of pyridine rings is 1. The van der Waals surface area contributed by atoms with E-state index in [0.717, 1.165) is 17.7 Å². The summed E-state index contributed by atoms with van der Waals surface area (Å²) in [5.41, 5.74) is 7.92. The minimum atomic E-state index is -0.0382. The molecule has 2 aromatic rings. The van der Waals surface area contributed by atoms with Gasteiger partial charge in [0.2, 0.25) is 0 Å². The number of benzene rings is 1. The zero-order valence-electron chi connectivity index (χ0n) is 12.2. The molecule has 0 spiro atoms. The highest BCUT2D eigenvalue weighted by Crippen LogP contribution is 2.29. The highest BCUT2D eigenvalue weighted by molar-refractivity contribution is 6.32. The van der Waals surface area contributed by atoms with Crippen molar-refractivity contribution in [1.29, 1.82) is 0 Å². The average molecular weight is 307 g/mol. The maximum atomic E-state index is 12.4. The molecule has 1 aromatic carbocycles. The van der Waals surface area contributed by atoms with E-state index in [1.54, 1.807) is 23.8 Å². The molecule has 112 valence electrons. The molecule has 2 rings (SSSR count). The van der Waals surface area contributed by atoms with Crippen LogP contribution < -0.4 is 16.0 Å². The maximum Gasteiger partial charge on any atom is 0.255 e. The van der Waals surface area contributed by atoms with Crippen LogP contribution in [-0.2, 0) is 13.1 Å². The average Bonchev–Trinajstić information content (AvgIpc) is 2.49. The zero-order valence-corrected chi connectivity index (χ0v) is 13.0. The Morgan fingerprint density at radius 3 is 2.62 bits per heavy atom. The lowest BCUT2D eigenvalue weighted by Gasteiger charge is -2.14. The first-order chi connectivity index (χ1) is 10.1. The summed E-state index contributed by atoms with van der Waals surface area (Å²) in [7, 11) is 1.57. The maximum absolute atomic E-state index is 12.4. The molecular formula is C16H19ClN2O2. The van der Waals surface area contributed by atoms with E-state index in [-0.39, 0.29) is 12.1 Å². The SMILES string of the molecule is CCCn1c(-c2ccc(OC)c(Cl)c2)ccc(CN)c1=O. The van der Waals surface area contributed by atoms with Gasteiger partial charge in [-0.2, -0.15) is 0 Å². The fourth-order valence-corrected chi connectivity index (χ4v) is 2.56. The van der Waals surface area contributed by atoms with Crippen LogP contribution >= 0.6 is 11.6 Å². The number of hydrogen-bond acceptors (Lipinski definition) is 3. The second-order valence-corrected chi connectivity index (χ2v) is 5.16. The Bertz CT molecular complexity index is 695. The van der Waals surface area contributed by atoms with E-state index in [4.69, 9.17) is 22.1 Å². The Labute approximate surface area is 129 Å². The van der Waals surface area contributed by atoms with Gasteiger partial charge in [0.1, 0.15) is 5.75 Å². The van der Waals surface area contributed by atoms with Crippen molar-refractivity contribution in [1.82, 2.24) is 4.57 Å². The van der Waals surface area contributed by atoms with Crippen LogP contribution in [0, 0.1) is 0 Å². The smallest absolute Gasteiger partial charge is 0.255 e. The summed E-state index contributed by atoms with van der Waals surface area (Å²) in [6.45, 7) is 2.92. The molecule has 0 aliphatic rings. The van der Waals surface area contributed by atoms with Crippen molar-refractivity contribution >= 4 is 11.6 Å². The minimum absolute atomic E-state index is 0.0382.